The monoisotopic (exact) mass is 302 g/mol. The van der Waals surface area contributed by atoms with Gasteiger partial charge >= 0.3 is 0 Å². The van der Waals surface area contributed by atoms with E-state index in [1.54, 1.807) is 0 Å². The van der Waals surface area contributed by atoms with Gasteiger partial charge in [0.2, 0.25) is 0 Å². The molecule has 0 saturated carbocycles. The van der Waals surface area contributed by atoms with E-state index in [1.165, 1.54) is 41.5 Å². The molecule has 0 aromatic heterocycles. The van der Waals surface area contributed by atoms with E-state index in [1.807, 2.05) is 0 Å². The molecule has 0 aliphatic carbocycles. The quantitative estimate of drug-likeness (QED) is 0.494. The van der Waals surface area contributed by atoms with E-state index in [-0.39, 0.29) is 5.41 Å². The van der Waals surface area contributed by atoms with Crippen LogP contribution in [0.1, 0.15) is 109 Å². The zero-order chi connectivity index (χ0) is 17.1. The van der Waals surface area contributed by atoms with Crippen molar-refractivity contribution in [1.29, 1.82) is 0 Å². The van der Waals surface area contributed by atoms with Crippen LogP contribution in [0.3, 0.4) is 0 Å². The van der Waals surface area contributed by atoms with Gasteiger partial charge in [0, 0.05) is 0 Å². The van der Waals surface area contributed by atoms with Crippen LogP contribution in [0.15, 0.2) is 12.1 Å². The topological polar surface area (TPSA) is 0 Å². The Kier molecular flexibility index (Phi) is 6.71. The minimum Gasteiger partial charge on any atom is -0.0628 e. The van der Waals surface area contributed by atoms with Crippen LogP contribution in [0, 0.1) is 12.8 Å². The summed E-state index contributed by atoms with van der Waals surface area (Å²) in [5.74, 6) is 2.01. The predicted molar refractivity (Wildman–Crippen MR) is 101 cm³/mol. The lowest BCUT2D eigenvalue weighted by Gasteiger charge is -2.29. The minimum absolute atomic E-state index is 0.274. The maximum Gasteiger partial charge on any atom is -0.0103 e. The molecular weight excluding hydrogens is 264 g/mol. The molecule has 0 amide bonds. The molecule has 0 atom stereocenters. The number of rotatable bonds is 7. The largest absolute Gasteiger partial charge is 0.0628 e. The average molecular weight is 303 g/mol. The second kappa shape index (κ2) is 7.66. The van der Waals surface area contributed by atoms with E-state index >= 15 is 0 Å². The molecule has 0 N–H and O–H groups in total. The van der Waals surface area contributed by atoms with Crippen LogP contribution in [-0.2, 0) is 5.41 Å². The highest BCUT2D eigenvalue weighted by molar-refractivity contribution is 5.44. The summed E-state index contributed by atoms with van der Waals surface area (Å²) >= 11 is 0. The van der Waals surface area contributed by atoms with Crippen molar-refractivity contribution >= 4 is 0 Å². The molecule has 0 aliphatic rings. The van der Waals surface area contributed by atoms with E-state index in [9.17, 15) is 0 Å². The van der Waals surface area contributed by atoms with Crippen LogP contribution in [-0.4, -0.2) is 0 Å². The summed E-state index contributed by atoms with van der Waals surface area (Å²) in [6, 6.07) is 4.97. The molecule has 126 valence electrons. The molecule has 0 nitrogen and oxygen atoms in total. The van der Waals surface area contributed by atoms with Gasteiger partial charge in [-0.25, -0.2) is 0 Å². The van der Waals surface area contributed by atoms with E-state index in [0.29, 0.717) is 11.8 Å². The summed E-state index contributed by atoms with van der Waals surface area (Å²) in [6.45, 7) is 21.1. The summed E-state index contributed by atoms with van der Waals surface area (Å²) in [5, 5.41) is 0. The maximum atomic E-state index is 2.49. The molecule has 1 aromatic rings. The van der Waals surface area contributed by atoms with Crippen molar-refractivity contribution in [3.8, 4) is 0 Å². The number of hydrogen-bond acceptors (Lipinski definition) is 0. The van der Waals surface area contributed by atoms with Crippen LogP contribution in [0.4, 0.5) is 0 Å². The van der Waals surface area contributed by atoms with Crippen molar-refractivity contribution in [3.05, 3.63) is 34.4 Å². The molecule has 0 unspecified atom stereocenters. The van der Waals surface area contributed by atoms with Crippen molar-refractivity contribution in [2.45, 2.75) is 98.8 Å². The highest BCUT2D eigenvalue weighted by Crippen LogP contribution is 2.36. The lowest BCUT2D eigenvalue weighted by molar-refractivity contribution is 0.423. The van der Waals surface area contributed by atoms with Gasteiger partial charge in [-0.3, -0.25) is 0 Å². The molecule has 0 saturated heterocycles. The van der Waals surface area contributed by atoms with Gasteiger partial charge in [0.25, 0.3) is 0 Å². The molecular formula is C22H38. The SMILES string of the molecule is Cc1c(C(C)C)cc(C(C)(C)CCCC(C)C)cc1C(C)C. The molecule has 0 radical (unpaired) electrons. The van der Waals surface area contributed by atoms with Gasteiger partial charge in [0.1, 0.15) is 0 Å². The minimum atomic E-state index is 0.274. The third-order valence-corrected chi connectivity index (χ3v) is 5.10. The first-order chi connectivity index (χ1) is 10.1. The first-order valence-electron chi connectivity index (χ1n) is 9.21. The summed E-state index contributed by atoms with van der Waals surface area (Å²) in [6.07, 6.45) is 3.94. The molecule has 1 rings (SSSR count). The number of hydrogen-bond donors (Lipinski definition) is 0. The fourth-order valence-electron chi connectivity index (χ4n) is 3.45. The summed E-state index contributed by atoms with van der Waals surface area (Å²) < 4.78 is 0. The summed E-state index contributed by atoms with van der Waals surface area (Å²) in [5.41, 5.74) is 6.40. The van der Waals surface area contributed by atoms with Gasteiger partial charge in [-0.2, -0.15) is 0 Å². The van der Waals surface area contributed by atoms with Gasteiger partial charge < -0.3 is 0 Å². The molecule has 0 aliphatic heterocycles. The Hall–Kier alpha value is -0.780. The first-order valence-corrected chi connectivity index (χ1v) is 9.21. The Balaban J connectivity index is 3.17. The van der Waals surface area contributed by atoms with Gasteiger partial charge in [-0.15, -0.1) is 0 Å². The molecule has 0 heterocycles. The van der Waals surface area contributed by atoms with E-state index in [0.717, 1.165) is 5.92 Å². The lowest BCUT2D eigenvalue weighted by atomic mass is 9.76. The Morgan fingerprint density at radius 3 is 1.68 bits per heavy atom. The van der Waals surface area contributed by atoms with Crippen LogP contribution in [0.25, 0.3) is 0 Å². The van der Waals surface area contributed by atoms with Gasteiger partial charge in [-0.05, 0) is 58.8 Å². The molecule has 0 heteroatoms. The van der Waals surface area contributed by atoms with Crippen LogP contribution >= 0.6 is 0 Å². The van der Waals surface area contributed by atoms with Crippen molar-refractivity contribution < 1.29 is 0 Å². The van der Waals surface area contributed by atoms with Crippen molar-refractivity contribution in [2.24, 2.45) is 5.92 Å². The Bertz CT molecular complexity index is 446. The van der Waals surface area contributed by atoms with Crippen LogP contribution < -0.4 is 0 Å². The first kappa shape index (κ1) is 19.3. The Labute approximate surface area is 139 Å². The molecule has 0 spiro atoms. The predicted octanol–water partition coefficient (Wildman–Crippen LogP) is 7.35. The zero-order valence-electron chi connectivity index (χ0n) is 16.5. The maximum absolute atomic E-state index is 2.49. The molecule has 0 bridgehead atoms. The average Bonchev–Trinajstić information content (AvgIpc) is 2.37. The molecule has 0 fully saturated rings. The van der Waals surface area contributed by atoms with E-state index < -0.39 is 0 Å². The van der Waals surface area contributed by atoms with Gasteiger partial charge in [-0.1, -0.05) is 80.4 Å². The van der Waals surface area contributed by atoms with E-state index in [4.69, 9.17) is 0 Å². The molecule has 1 aromatic carbocycles. The number of benzene rings is 1. The van der Waals surface area contributed by atoms with Gasteiger partial charge in [0.15, 0.2) is 0 Å². The third-order valence-electron chi connectivity index (χ3n) is 5.10. The summed E-state index contributed by atoms with van der Waals surface area (Å²) in [4.78, 5) is 0. The zero-order valence-corrected chi connectivity index (χ0v) is 16.5. The van der Waals surface area contributed by atoms with Crippen molar-refractivity contribution in [2.75, 3.05) is 0 Å². The highest BCUT2D eigenvalue weighted by Gasteiger charge is 2.23. The fourth-order valence-corrected chi connectivity index (χ4v) is 3.45. The smallest absolute Gasteiger partial charge is 0.0103 e. The van der Waals surface area contributed by atoms with E-state index in [2.05, 4.69) is 74.4 Å². The summed E-state index contributed by atoms with van der Waals surface area (Å²) in [7, 11) is 0. The van der Waals surface area contributed by atoms with Crippen molar-refractivity contribution in [1.82, 2.24) is 0 Å². The van der Waals surface area contributed by atoms with Crippen LogP contribution in [0.2, 0.25) is 0 Å². The Morgan fingerprint density at radius 2 is 1.32 bits per heavy atom. The second-order valence-electron chi connectivity index (χ2n) is 8.76. The standard InChI is InChI=1S/C22H38/c1-15(2)11-10-12-22(8,9)19-13-20(16(3)4)18(7)21(14-19)17(5)6/h13-17H,10-12H2,1-9H3. The Morgan fingerprint density at radius 1 is 0.864 bits per heavy atom. The highest BCUT2D eigenvalue weighted by atomic mass is 14.3. The fraction of sp³-hybridized carbons (Fsp3) is 0.727. The van der Waals surface area contributed by atoms with Crippen LogP contribution in [0.5, 0.6) is 0 Å². The normalized spacial score (nSPS) is 12.7. The molecule has 22 heavy (non-hydrogen) atoms. The third kappa shape index (κ3) is 4.86. The second-order valence-corrected chi connectivity index (χ2v) is 8.76. The van der Waals surface area contributed by atoms with Crippen molar-refractivity contribution in [3.63, 3.8) is 0 Å². The lowest BCUT2D eigenvalue weighted by Crippen LogP contribution is -2.19. The van der Waals surface area contributed by atoms with Gasteiger partial charge in [0.05, 0.1) is 0 Å².